The highest BCUT2D eigenvalue weighted by molar-refractivity contribution is 9.10. The van der Waals surface area contributed by atoms with E-state index in [2.05, 4.69) is 44.5 Å². The normalized spacial score (nSPS) is 12.3. The number of aryl methyl sites for hydroxylation is 1. The second kappa shape index (κ2) is 6.48. The highest BCUT2D eigenvalue weighted by Gasteiger charge is 2.07. The molecule has 0 saturated heterocycles. The highest BCUT2D eigenvalue weighted by Crippen LogP contribution is 2.22. The fourth-order valence-electron chi connectivity index (χ4n) is 1.95. The Morgan fingerprint density at radius 1 is 1.37 bits per heavy atom. The first-order chi connectivity index (χ1) is 9.15. The molecule has 0 aliphatic rings. The maximum Gasteiger partial charge on any atom is 0.248 e. The second-order valence-electron chi connectivity index (χ2n) is 4.40. The van der Waals surface area contributed by atoms with Gasteiger partial charge in [-0.2, -0.15) is 4.99 Å². The number of benzene rings is 1. The van der Waals surface area contributed by atoms with Crippen molar-refractivity contribution >= 4 is 43.4 Å². The topological polar surface area (TPSA) is 34.4 Å². The molecule has 1 amide bonds. The van der Waals surface area contributed by atoms with Crippen LogP contribution in [0.3, 0.4) is 0 Å². The van der Waals surface area contributed by atoms with Crippen molar-refractivity contribution in [1.82, 2.24) is 4.57 Å². The summed E-state index contributed by atoms with van der Waals surface area (Å²) in [6.07, 6.45) is 2.38. The Hall–Kier alpha value is -0.940. The largest absolute Gasteiger partial charge is 0.316 e. The molecule has 0 spiro atoms. The molecule has 5 heteroatoms. The highest BCUT2D eigenvalue weighted by atomic mass is 79.9. The first kappa shape index (κ1) is 14.5. The van der Waals surface area contributed by atoms with Gasteiger partial charge in [0.15, 0.2) is 4.80 Å². The Kier molecular flexibility index (Phi) is 4.93. The second-order valence-corrected chi connectivity index (χ2v) is 6.33. The van der Waals surface area contributed by atoms with Crippen molar-refractivity contribution in [2.24, 2.45) is 4.99 Å². The average molecular weight is 341 g/mol. The molecule has 2 aromatic rings. The van der Waals surface area contributed by atoms with Crippen LogP contribution in [-0.2, 0) is 11.3 Å². The monoisotopic (exact) mass is 340 g/mol. The molecule has 0 unspecified atom stereocenters. The van der Waals surface area contributed by atoms with E-state index >= 15 is 0 Å². The van der Waals surface area contributed by atoms with Crippen molar-refractivity contribution in [3.63, 3.8) is 0 Å². The van der Waals surface area contributed by atoms with Crippen LogP contribution in [0.25, 0.3) is 10.2 Å². The van der Waals surface area contributed by atoms with E-state index in [1.54, 1.807) is 11.3 Å². The van der Waals surface area contributed by atoms with Crippen molar-refractivity contribution in [2.45, 2.75) is 39.7 Å². The summed E-state index contributed by atoms with van der Waals surface area (Å²) in [6.45, 7) is 5.02. The van der Waals surface area contributed by atoms with E-state index < -0.39 is 0 Å². The Bertz CT molecular complexity index is 657. The van der Waals surface area contributed by atoms with Crippen molar-refractivity contribution in [3.8, 4) is 0 Å². The SMILES string of the molecule is CCCC(=O)N=c1sc2cc(Br)ccc2n1CCC. The number of fused-ring (bicyclic) bond motifs is 1. The van der Waals surface area contributed by atoms with E-state index in [1.165, 1.54) is 0 Å². The molecule has 0 bridgehead atoms. The molecule has 0 aliphatic carbocycles. The average Bonchev–Trinajstić information content (AvgIpc) is 2.67. The zero-order chi connectivity index (χ0) is 13.8. The maximum absolute atomic E-state index is 11.7. The quantitative estimate of drug-likeness (QED) is 0.824. The third kappa shape index (κ3) is 3.34. The number of rotatable bonds is 4. The molecule has 1 heterocycles. The number of hydrogen-bond donors (Lipinski definition) is 0. The summed E-state index contributed by atoms with van der Waals surface area (Å²) in [5, 5.41) is 0. The molecule has 0 fully saturated rings. The van der Waals surface area contributed by atoms with Gasteiger partial charge in [-0.05, 0) is 31.0 Å². The number of carbonyl (C=O) groups is 1. The molecular weight excluding hydrogens is 324 g/mol. The van der Waals surface area contributed by atoms with E-state index in [1.807, 2.05) is 13.0 Å². The summed E-state index contributed by atoms with van der Waals surface area (Å²) in [5.41, 5.74) is 1.15. The van der Waals surface area contributed by atoms with Crippen LogP contribution in [0.1, 0.15) is 33.1 Å². The van der Waals surface area contributed by atoms with Gasteiger partial charge in [0.2, 0.25) is 5.91 Å². The lowest BCUT2D eigenvalue weighted by Gasteiger charge is -2.02. The zero-order valence-electron chi connectivity index (χ0n) is 11.1. The van der Waals surface area contributed by atoms with Crippen molar-refractivity contribution in [3.05, 3.63) is 27.5 Å². The molecule has 2 rings (SSSR count). The Morgan fingerprint density at radius 3 is 2.84 bits per heavy atom. The van der Waals surface area contributed by atoms with Gasteiger partial charge in [-0.25, -0.2) is 0 Å². The number of aromatic nitrogens is 1. The number of nitrogens with zero attached hydrogens (tertiary/aromatic N) is 2. The molecule has 102 valence electrons. The van der Waals surface area contributed by atoms with E-state index in [9.17, 15) is 4.79 Å². The van der Waals surface area contributed by atoms with Crippen LogP contribution in [0.4, 0.5) is 0 Å². The lowest BCUT2D eigenvalue weighted by Crippen LogP contribution is -2.16. The summed E-state index contributed by atoms with van der Waals surface area (Å²) < 4.78 is 4.35. The van der Waals surface area contributed by atoms with Gasteiger partial charge in [0.1, 0.15) is 0 Å². The number of halogens is 1. The molecule has 1 aromatic heterocycles. The van der Waals surface area contributed by atoms with Crippen LogP contribution in [0.2, 0.25) is 0 Å². The van der Waals surface area contributed by atoms with Crippen LogP contribution in [0, 0.1) is 0 Å². The van der Waals surface area contributed by atoms with Crippen molar-refractivity contribution in [1.29, 1.82) is 0 Å². The standard InChI is InChI=1S/C14H17BrN2OS/c1-3-5-13(18)16-14-17(8-4-2)11-7-6-10(15)9-12(11)19-14/h6-7,9H,3-5,8H2,1-2H3. The van der Waals surface area contributed by atoms with E-state index in [0.717, 1.165) is 38.9 Å². The Balaban J connectivity index is 2.58. The summed E-state index contributed by atoms with van der Waals surface area (Å²) in [4.78, 5) is 16.8. The van der Waals surface area contributed by atoms with Crippen LogP contribution in [-0.4, -0.2) is 10.5 Å². The lowest BCUT2D eigenvalue weighted by molar-refractivity contribution is -0.118. The fourth-order valence-corrected chi connectivity index (χ4v) is 3.57. The van der Waals surface area contributed by atoms with Gasteiger partial charge in [-0.15, -0.1) is 0 Å². The predicted molar refractivity (Wildman–Crippen MR) is 83.3 cm³/mol. The minimum Gasteiger partial charge on any atom is -0.316 e. The Labute approximate surface area is 125 Å². The number of thiazole rings is 1. The maximum atomic E-state index is 11.7. The molecule has 0 saturated carbocycles. The summed E-state index contributed by atoms with van der Waals surface area (Å²) in [5.74, 6) is -0.0297. The minimum absolute atomic E-state index is 0.0297. The van der Waals surface area contributed by atoms with E-state index in [0.29, 0.717) is 6.42 Å². The van der Waals surface area contributed by atoms with Gasteiger partial charge in [0.25, 0.3) is 0 Å². The summed E-state index contributed by atoms with van der Waals surface area (Å²) in [7, 11) is 0. The van der Waals surface area contributed by atoms with Gasteiger partial charge in [0.05, 0.1) is 10.2 Å². The smallest absolute Gasteiger partial charge is 0.248 e. The zero-order valence-corrected chi connectivity index (χ0v) is 13.6. The van der Waals surface area contributed by atoms with Gasteiger partial charge in [-0.3, -0.25) is 4.79 Å². The molecule has 19 heavy (non-hydrogen) atoms. The number of hydrogen-bond acceptors (Lipinski definition) is 2. The molecule has 0 N–H and O–H groups in total. The van der Waals surface area contributed by atoms with Gasteiger partial charge >= 0.3 is 0 Å². The van der Waals surface area contributed by atoms with Crippen molar-refractivity contribution < 1.29 is 4.79 Å². The predicted octanol–water partition coefficient (Wildman–Crippen LogP) is 4.10. The first-order valence-corrected chi connectivity index (χ1v) is 8.13. The third-order valence-electron chi connectivity index (χ3n) is 2.78. The minimum atomic E-state index is -0.0297. The third-order valence-corrected chi connectivity index (χ3v) is 4.31. The van der Waals surface area contributed by atoms with Gasteiger partial charge in [-0.1, -0.05) is 41.1 Å². The van der Waals surface area contributed by atoms with Crippen LogP contribution < -0.4 is 4.80 Å². The fraction of sp³-hybridized carbons (Fsp3) is 0.429. The van der Waals surface area contributed by atoms with Gasteiger partial charge in [0, 0.05) is 17.4 Å². The molecule has 0 atom stereocenters. The molecule has 1 aromatic carbocycles. The number of carbonyl (C=O) groups excluding carboxylic acids is 1. The lowest BCUT2D eigenvalue weighted by atomic mass is 10.3. The molecular formula is C14H17BrN2OS. The van der Waals surface area contributed by atoms with Gasteiger partial charge < -0.3 is 4.57 Å². The van der Waals surface area contributed by atoms with Crippen LogP contribution in [0.15, 0.2) is 27.7 Å². The van der Waals surface area contributed by atoms with Crippen molar-refractivity contribution in [2.75, 3.05) is 0 Å². The number of amides is 1. The van der Waals surface area contributed by atoms with Crippen LogP contribution in [0.5, 0.6) is 0 Å². The molecule has 3 nitrogen and oxygen atoms in total. The van der Waals surface area contributed by atoms with Crippen LogP contribution >= 0.6 is 27.3 Å². The molecule has 0 radical (unpaired) electrons. The van der Waals surface area contributed by atoms with E-state index in [4.69, 9.17) is 0 Å². The summed E-state index contributed by atoms with van der Waals surface area (Å²) >= 11 is 5.06. The first-order valence-electron chi connectivity index (χ1n) is 6.52. The van der Waals surface area contributed by atoms with E-state index in [-0.39, 0.29) is 5.91 Å². The summed E-state index contributed by atoms with van der Waals surface area (Å²) in [6, 6.07) is 6.18. The Morgan fingerprint density at radius 2 is 2.16 bits per heavy atom. The molecule has 0 aliphatic heterocycles.